The summed E-state index contributed by atoms with van der Waals surface area (Å²) >= 11 is 0. The van der Waals surface area contributed by atoms with Gasteiger partial charge in [0.1, 0.15) is 12.6 Å². The van der Waals surface area contributed by atoms with E-state index in [1.165, 1.54) is 4.90 Å². The number of amides is 2. The van der Waals surface area contributed by atoms with Crippen LogP contribution >= 0.6 is 0 Å². The Labute approximate surface area is 200 Å². The van der Waals surface area contributed by atoms with Gasteiger partial charge in [0.25, 0.3) is 0 Å². The number of carboxylic acid groups (broad SMARTS) is 1. The van der Waals surface area contributed by atoms with E-state index in [-0.39, 0.29) is 24.9 Å². The summed E-state index contributed by atoms with van der Waals surface area (Å²) in [5, 5.41) is 12.2. The highest BCUT2D eigenvalue weighted by Gasteiger charge is 2.35. The number of carbonyl (C=O) groups is 3. The highest BCUT2D eigenvalue weighted by Crippen LogP contribution is 2.44. The van der Waals surface area contributed by atoms with Crippen molar-refractivity contribution >= 4 is 18.0 Å². The number of benzene rings is 2. The average molecular weight is 465 g/mol. The van der Waals surface area contributed by atoms with Gasteiger partial charge in [-0.25, -0.2) is 9.59 Å². The van der Waals surface area contributed by atoms with Gasteiger partial charge in [-0.2, -0.15) is 0 Å². The zero-order valence-corrected chi connectivity index (χ0v) is 19.5. The molecule has 2 aromatic carbocycles. The summed E-state index contributed by atoms with van der Waals surface area (Å²) in [6.45, 7) is 2.70. The van der Waals surface area contributed by atoms with Crippen molar-refractivity contribution in [3.63, 3.8) is 0 Å². The lowest BCUT2D eigenvalue weighted by Gasteiger charge is -2.25. The summed E-state index contributed by atoms with van der Waals surface area (Å²) in [6, 6.07) is 15.2. The molecule has 0 radical (unpaired) electrons. The normalized spacial score (nSPS) is 17.7. The fourth-order valence-corrected chi connectivity index (χ4v) is 5.13. The van der Waals surface area contributed by atoms with E-state index in [1.54, 1.807) is 0 Å². The molecule has 1 aliphatic heterocycles. The molecule has 180 valence electrons. The summed E-state index contributed by atoms with van der Waals surface area (Å²) in [7, 11) is 0. The zero-order valence-electron chi connectivity index (χ0n) is 19.5. The number of ether oxygens (including phenoxy) is 1. The van der Waals surface area contributed by atoms with Crippen molar-refractivity contribution in [1.29, 1.82) is 0 Å². The molecule has 7 heteroatoms. The van der Waals surface area contributed by atoms with Crippen LogP contribution < -0.4 is 5.32 Å². The lowest BCUT2D eigenvalue weighted by Crippen LogP contribution is -2.45. The van der Waals surface area contributed by atoms with E-state index in [0.717, 1.165) is 35.1 Å². The molecule has 2 aromatic rings. The number of nitrogens with zero attached hydrogens (tertiary/aromatic N) is 1. The molecule has 2 amide bonds. The van der Waals surface area contributed by atoms with Crippen LogP contribution in [0.25, 0.3) is 11.1 Å². The molecule has 1 heterocycles. The predicted octanol–water partition coefficient (Wildman–Crippen LogP) is 4.55. The number of unbranched alkanes of at least 4 members (excludes halogenated alkanes) is 1. The van der Waals surface area contributed by atoms with E-state index in [4.69, 9.17) is 4.74 Å². The second kappa shape index (κ2) is 10.7. The van der Waals surface area contributed by atoms with Gasteiger partial charge < -0.3 is 20.1 Å². The van der Waals surface area contributed by atoms with E-state index in [2.05, 4.69) is 29.6 Å². The largest absolute Gasteiger partial charge is 0.480 e. The number of hydrogen-bond acceptors (Lipinski definition) is 4. The molecule has 2 N–H and O–H groups in total. The molecule has 0 saturated carbocycles. The van der Waals surface area contributed by atoms with Crippen LogP contribution in [-0.2, 0) is 14.3 Å². The lowest BCUT2D eigenvalue weighted by atomic mass is 9.98. The molecule has 34 heavy (non-hydrogen) atoms. The minimum atomic E-state index is -0.972. The maximum atomic E-state index is 12.8. The molecule has 2 aliphatic rings. The number of carboxylic acids is 1. The van der Waals surface area contributed by atoms with Gasteiger partial charge in [0.05, 0.1) is 0 Å². The fourth-order valence-electron chi connectivity index (χ4n) is 5.13. The molecule has 0 spiro atoms. The first-order chi connectivity index (χ1) is 16.5. The van der Waals surface area contributed by atoms with Crippen LogP contribution in [0.3, 0.4) is 0 Å². The number of likely N-dealkylation sites (tertiary alicyclic amines) is 1. The standard InChI is InChI=1S/C27H32N2O5/c1-2-3-9-18(16-25(30)29-15-8-14-24(29)26(31)32)28-27(33)34-17-23-21-12-6-4-10-19(21)20-11-5-7-13-22(20)23/h4-7,10-13,18,23-24H,2-3,8-9,14-17H2,1H3,(H,28,33)(H,31,32)/t18-,24+/m1/s1. The summed E-state index contributed by atoms with van der Waals surface area (Å²) in [5.41, 5.74) is 4.61. The van der Waals surface area contributed by atoms with Gasteiger partial charge in [-0.15, -0.1) is 0 Å². The molecule has 4 rings (SSSR count). The van der Waals surface area contributed by atoms with Crippen LogP contribution in [-0.4, -0.2) is 53.2 Å². The first kappa shape index (κ1) is 23.8. The highest BCUT2D eigenvalue weighted by atomic mass is 16.5. The molecule has 1 saturated heterocycles. The summed E-state index contributed by atoms with van der Waals surface area (Å²) < 4.78 is 5.65. The van der Waals surface area contributed by atoms with Crippen molar-refractivity contribution in [2.24, 2.45) is 0 Å². The predicted molar refractivity (Wildman–Crippen MR) is 129 cm³/mol. The number of hydrogen-bond donors (Lipinski definition) is 2. The molecule has 1 aliphatic carbocycles. The molecule has 7 nitrogen and oxygen atoms in total. The monoisotopic (exact) mass is 464 g/mol. The van der Waals surface area contributed by atoms with Crippen LogP contribution in [0.4, 0.5) is 4.79 Å². The maximum Gasteiger partial charge on any atom is 0.407 e. The van der Waals surface area contributed by atoms with Crippen molar-refractivity contribution in [3.8, 4) is 11.1 Å². The van der Waals surface area contributed by atoms with Crippen molar-refractivity contribution in [3.05, 3.63) is 59.7 Å². The van der Waals surface area contributed by atoms with Crippen LogP contribution in [0.1, 0.15) is 62.5 Å². The molecular formula is C27H32N2O5. The third kappa shape index (κ3) is 5.08. The maximum absolute atomic E-state index is 12.8. The number of rotatable bonds is 9. The first-order valence-corrected chi connectivity index (χ1v) is 12.1. The van der Waals surface area contributed by atoms with Crippen molar-refractivity contribution < 1.29 is 24.2 Å². The molecule has 0 aromatic heterocycles. The third-order valence-corrected chi connectivity index (χ3v) is 6.85. The highest BCUT2D eigenvalue weighted by molar-refractivity contribution is 5.85. The topological polar surface area (TPSA) is 95.9 Å². The van der Waals surface area contributed by atoms with Gasteiger partial charge in [0.15, 0.2) is 0 Å². The SMILES string of the molecule is CCCC[C@H](CC(=O)N1CCC[C@H]1C(=O)O)NC(=O)OCC1c2ccccc2-c2ccccc21. The van der Waals surface area contributed by atoms with Crippen LogP contribution in [0, 0.1) is 0 Å². The Morgan fingerprint density at radius 3 is 2.35 bits per heavy atom. The Balaban J connectivity index is 1.38. The lowest BCUT2D eigenvalue weighted by molar-refractivity contribution is -0.148. The fraction of sp³-hybridized carbons (Fsp3) is 0.444. The van der Waals surface area contributed by atoms with Crippen LogP contribution in [0.5, 0.6) is 0 Å². The molecule has 0 bridgehead atoms. The number of carbonyl (C=O) groups excluding carboxylic acids is 2. The van der Waals surface area contributed by atoms with Gasteiger partial charge in [0.2, 0.25) is 5.91 Å². The van der Waals surface area contributed by atoms with Crippen LogP contribution in [0.15, 0.2) is 48.5 Å². The van der Waals surface area contributed by atoms with Gasteiger partial charge in [-0.1, -0.05) is 68.3 Å². The number of fused-ring (bicyclic) bond motifs is 3. The van der Waals surface area contributed by atoms with E-state index >= 15 is 0 Å². The Hall–Kier alpha value is -3.35. The smallest absolute Gasteiger partial charge is 0.407 e. The second-order valence-corrected chi connectivity index (χ2v) is 9.10. The van der Waals surface area contributed by atoms with Crippen molar-refractivity contribution in [2.45, 2.75) is 63.5 Å². The summed E-state index contributed by atoms with van der Waals surface area (Å²) in [4.78, 5) is 38.4. The number of aliphatic carboxylic acids is 1. The first-order valence-electron chi connectivity index (χ1n) is 12.1. The van der Waals surface area contributed by atoms with E-state index in [1.807, 2.05) is 31.2 Å². The number of nitrogens with one attached hydrogen (secondary N) is 1. The average Bonchev–Trinajstić information content (AvgIpc) is 3.45. The number of alkyl carbamates (subject to hydrolysis) is 1. The summed E-state index contributed by atoms with van der Waals surface area (Å²) in [6.07, 6.45) is 3.10. The zero-order chi connectivity index (χ0) is 24.1. The van der Waals surface area contributed by atoms with E-state index in [9.17, 15) is 19.5 Å². The van der Waals surface area contributed by atoms with Gasteiger partial charge in [0, 0.05) is 24.9 Å². The Kier molecular flexibility index (Phi) is 7.50. The van der Waals surface area contributed by atoms with Crippen molar-refractivity contribution in [2.75, 3.05) is 13.2 Å². The van der Waals surface area contributed by atoms with Crippen LogP contribution in [0.2, 0.25) is 0 Å². The van der Waals surface area contributed by atoms with E-state index < -0.39 is 24.1 Å². The van der Waals surface area contributed by atoms with Crippen molar-refractivity contribution in [1.82, 2.24) is 10.2 Å². The molecule has 0 unspecified atom stereocenters. The molecule has 1 fully saturated rings. The molecule has 2 atom stereocenters. The Morgan fingerprint density at radius 1 is 1.09 bits per heavy atom. The Morgan fingerprint density at radius 2 is 1.74 bits per heavy atom. The second-order valence-electron chi connectivity index (χ2n) is 9.10. The van der Waals surface area contributed by atoms with Gasteiger partial charge >= 0.3 is 12.1 Å². The quantitative estimate of drug-likeness (QED) is 0.568. The van der Waals surface area contributed by atoms with Gasteiger partial charge in [-0.3, -0.25) is 4.79 Å². The van der Waals surface area contributed by atoms with E-state index in [0.29, 0.717) is 25.8 Å². The minimum absolute atomic E-state index is 0.0326. The minimum Gasteiger partial charge on any atom is -0.480 e. The molecular weight excluding hydrogens is 432 g/mol. The van der Waals surface area contributed by atoms with Gasteiger partial charge in [-0.05, 0) is 41.5 Å². The third-order valence-electron chi connectivity index (χ3n) is 6.85. The summed E-state index contributed by atoms with van der Waals surface area (Å²) in [5.74, 6) is -1.24. The Bertz CT molecular complexity index is 1010.